The lowest BCUT2D eigenvalue weighted by molar-refractivity contribution is 0.0696. The van der Waals surface area contributed by atoms with Crippen molar-refractivity contribution in [3.05, 3.63) is 59.2 Å². The van der Waals surface area contributed by atoms with Crippen LogP contribution in [0, 0.1) is 0 Å². The number of aromatic carboxylic acids is 1. The molecular weight excluding hydrogens is 296 g/mol. The minimum Gasteiger partial charge on any atom is -0.497 e. The van der Waals surface area contributed by atoms with Crippen molar-refractivity contribution in [1.29, 1.82) is 0 Å². The number of fused-ring (bicyclic) bond motifs is 1. The van der Waals surface area contributed by atoms with Crippen LogP contribution < -0.4 is 10.1 Å². The van der Waals surface area contributed by atoms with Crippen LogP contribution in [0.25, 0.3) is 0 Å². The predicted molar refractivity (Wildman–Crippen MR) is 84.7 cm³/mol. The third-order valence-corrected chi connectivity index (χ3v) is 3.78. The van der Waals surface area contributed by atoms with E-state index >= 15 is 0 Å². The molecule has 3 rings (SSSR count). The van der Waals surface area contributed by atoms with E-state index in [2.05, 4.69) is 5.32 Å². The molecule has 2 amide bonds. The first-order valence-electron chi connectivity index (χ1n) is 7.12. The largest absolute Gasteiger partial charge is 0.497 e. The first-order valence-corrected chi connectivity index (χ1v) is 7.12. The van der Waals surface area contributed by atoms with Crippen molar-refractivity contribution in [2.45, 2.75) is 13.1 Å². The van der Waals surface area contributed by atoms with Crippen LogP contribution in [0.5, 0.6) is 5.75 Å². The van der Waals surface area contributed by atoms with Crippen LogP contribution in [-0.4, -0.2) is 29.1 Å². The van der Waals surface area contributed by atoms with Crippen molar-refractivity contribution < 1.29 is 19.4 Å². The predicted octanol–water partition coefficient (Wildman–Crippen LogP) is 2.94. The molecule has 0 atom stereocenters. The molecule has 1 aliphatic rings. The van der Waals surface area contributed by atoms with E-state index in [1.807, 2.05) is 24.3 Å². The van der Waals surface area contributed by atoms with E-state index in [0.29, 0.717) is 18.8 Å². The number of carboxylic acids is 1. The van der Waals surface area contributed by atoms with Gasteiger partial charge in [-0.05, 0) is 35.4 Å². The monoisotopic (exact) mass is 312 g/mol. The van der Waals surface area contributed by atoms with Gasteiger partial charge in [0.15, 0.2) is 0 Å². The standard InChI is InChI=1S/C17H16N2O4/c1-23-14-6-2-11(3-7-14)9-19-10-13-5-4-12(16(20)21)8-15(13)18-17(19)22/h2-8H,9-10H2,1H3,(H,18,22)(H,20,21). The normalized spacial score (nSPS) is 13.3. The summed E-state index contributed by atoms with van der Waals surface area (Å²) in [5.41, 5.74) is 2.60. The molecule has 0 saturated carbocycles. The number of nitrogens with zero attached hydrogens (tertiary/aromatic N) is 1. The molecule has 0 unspecified atom stereocenters. The minimum atomic E-state index is -1.01. The summed E-state index contributed by atoms with van der Waals surface area (Å²) in [5, 5.41) is 11.8. The second-order valence-corrected chi connectivity index (χ2v) is 5.31. The number of anilines is 1. The fraction of sp³-hybridized carbons (Fsp3) is 0.176. The van der Waals surface area contributed by atoms with Gasteiger partial charge in [0.05, 0.1) is 12.7 Å². The molecule has 0 radical (unpaired) electrons. The number of ether oxygens (including phenoxy) is 1. The van der Waals surface area contributed by atoms with Gasteiger partial charge in [0.1, 0.15) is 5.75 Å². The Kier molecular flexibility index (Phi) is 3.89. The minimum absolute atomic E-state index is 0.160. The van der Waals surface area contributed by atoms with Gasteiger partial charge in [0.25, 0.3) is 0 Å². The number of rotatable bonds is 4. The Morgan fingerprint density at radius 2 is 2.00 bits per heavy atom. The highest BCUT2D eigenvalue weighted by molar-refractivity contribution is 5.95. The molecule has 2 aromatic rings. The quantitative estimate of drug-likeness (QED) is 0.910. The van der Waals surface area contributed by atoms with E-state index in [0.717, 1.165) is 16.9 Å². The Morgan fingerprint density at radius 1 is 1.26 bits per heavy atom. The average Bonchev–Trinajstić information content (AvgIpc) is 2.55. The SMILES string of the molecule is COc1ccc(CN2Cc3ccc(C(=O)O)cc3NC2=O)cc1. The summed E-state index contributed by atoms with van der Waals surface area (Å²) in [6.07, 6.45) is 0. The van der Waals surface area contributed by atoms with Crippen molar-refractivity contribution in [1.82, 2.24) is 4.90 Å². The number of hydrogen-bond donors (Lipinski definition) is 2. The highest BCUT2D eigenvalue weighted by Gasteiger charge is 2.23. The summed E-state index contributed by atoms with van der Waals surface area (Å²) in [7, 11) is 1.61. The van der Waals surface area contributed by atoms with Crippen LogP contribution >= 0.6 is 0 Å². The summed E-state index contributed by atoms with van der Waals surface area (Å²) >= 11 is 0. The zero-order valence-electron chi connectivity index (χ0n) is 12.6. The molecule has 2 N–H and O–H groups in total. The van der Waals surface area contributed by atoms with Crippen LogP contribution in [0.1, 0.15) is 21.5 Å². The molecule has 6 heteroatoms. The van der Waals surface area contributed by atoms with E-state index in [1.54, 1.807) is 24.1 Å². The van der Waals surface area contributed by atoms with Gasteiger partial charge in [0.2, 0.25) is 0 Å². The van der Waals surface area contributed by atoms with Crippen molar-refractivity contribution in [3.63, 3.8) is 0 Å². The number of hydrogen-bond acceptors (Lipinski definition) is 3. The zero-order valence-corrected chi connectivity index (χ0v) is 12.6. The first-order chi connectivity index (χ1) is 11.1. The zero-order chi connectivity index (χ0) is 16.4. The van der Waals surface area contributed by atoms with Gasteiger partial charge in [-0.2, -0.15) is 0 Å². The van der Waals surface area contributed by atoms with Gasteiger partial charge >= 0.3 is 12.0 Å². The molecule has 2 aromatic carbocycles. The van der Waals surface area contributed by atoms with Crippen molar-refractivity contribution in [2.24, 2.45) is 0 Å². The number of urea groups is 1. The Balaban J connectivity index is 1.77. The summed E-state index contributed by atoms with van der Waals surface area (Å²) in [6.45, 7) is 0.906. The number of carbonyl (C=O) groups is 2. The lowest BCUT2D eigenvalue weighted by atomic mass is 10.1. The van der Waals surface area contributed by atoms with E-state index in [9.17, 15) is 9.59 Å². The van der Waals surface area contributed by atoms with Crippen LogP contribution in [0.2, 0.25) is 0 Å². The van der Waals surface area contributed by atoms with Gasteiger partial charge in [0, 0.05) is 18.8 Å². The maximum Gasteiger partial charge on any atom is 0.335 e. The Bertz CT molecular complexity index is 756. The second kappa shape index (κ2) is 6.00. The Morgan fingerprint density at radius 3 is 2.65 bits per heavy atom. The van der Waals surface area contributed by atoms with Crippen molar-refractivity contribution in [2.75, 3.05) is 12.4 Å². The second-order valence-electron chi connectivity index (χ2n) is 5.31. The van der Waals surface area contributed by atoms with Crippen molar-refractivity contribution in [3.8, 4) is 5.75 Å². The number of nitrogens with one attached hydrogen (secondary N) is 1. The number of amides is 2. The first kappa shape index (κ1) is 14.9. The van der Waals surface area contributed by atoms with Crippen LogP contribution in [0.15, 0.2) is 42.5 Å². The third kappa shape index (κ3) is 3.11. The lowest BCUT2D eigenvalue weighted by Gasteiger charge is -2.29. The topological polar surface area (TPSA) is 78.9 Å². The van der Waals surface area contributed by atoms with E-state index in [1.165, 1.54) is 6.07 Å². The molecule has 118 valence electrons. The molecule has 0 aliphatic carbocycles. The summed E-state index contributed by atoms with van der Waals surface area (Å²) < 4.78 is 5.12. The van der Waals surface area contributed by atoms with Crippen LogP contribution in [0.3, 0.4) is 0 Å². The lowest BCUT2D eigenvalue weighted by Crippen LogP contribution is -2.38. The van der Waals surface area contributed by atoms with E-state index < -0.39 is 5.97 Å². The summed E-state index contributed by atoms with van der Waals surface area (Å²) in [6, 6.07) is 12.1. The van der Waals surface area contributed by atoms with Gasteiger partial charge in [-0.25, -0.2) is 9.59 Å². The van der Waals surface area contributed by atoms with E-state index in [4.69, 9.17) is 9.84 Å². The molecule has 0 fully saturated rings. The molecule has 1 aliphatic heterocycles. The van der Waals surface area contributed by atoms with Crippen LogP contribution in [-0.2, 0) is 13.1 Å². The highest BCUT2D eigenvalue weighted by atomic mass is 16.5. The Labute approximate surface area is 133 Å². The molecule has 0 bridgehead atoms. The molecule has 0 saturated heterocycles. The van der Waals surface area contributed by atoms with Crippen LogP contribution in [0.4, 0.5) is 10.5 Å². The molecular formula is C17H16N2O4. The summed E-state index contributed by atoms with van der Waals surface area (Å²) in [4.78, 5) is 24.9. The van der Waals surface area contributed by atoms with E-state index in [-0.39, 0.29) is 11.6 Å². The maximum atomic E-state index is 12.2. The average molecular weight is 312 g/mol. The third-order valence-electron chi connectivity index (χ3n) is 3.78. The van der Waals surface area contributed by atoms with Gasteiger partial charge in [-0.15, -0.1) is 0 Å². The number of benzene rings is 2. The highest BCUT2D eigenvalue weighted by Crippen LogP contribution is 2.26. The summed E-state index contributed by atoms with van der Waals surface area (Å²) in [5.74, 6) is -0.244. The molecule has 0 aromatic heterocycles. The molecule has 0 spiro atoms. The van der Waals surface area contributed by atoms with Crippen molar-refractivity contribution >= 4 is 17.7 Å². The maximum absolute atomic E-state index is 12.2. The molecule has 23 heavy (non-hydrogen) atoms. The number of methoxy groups -OCH3 is 1. The van der Waals surface area contributed by atoms with Gasteiger partial charge in [-0.3, -0.25) is 0 Å². The fourth-order valence-corrected chi connectivity index (χ4v) is 2.51. The molecule has 1 heterocycles. The number of carbonyl (C=O) groups excluding carboxylic acids is 1. The van der Waals surface area contributed by atoms with Gasteiger partial charge in [-0.1, -0.05) is 18.2 Å². The fourth-order valence-electron chi connectivity index (χ4n) is 2.51. The number of carboxylic acid groups (broad SMARTS) is 1. The Hall–Kier alpha value is -3.02. The van der Waals surface area contributed by atoms with Gasteiger partial charge < -0.3 is 20.1 Å². The molecule has 6 nitrogen and oxygen atoms in total. The smallest absolute Gasteiger partial charge is 0.335 e.